The lowest BCUT2D eigenvalue weighted by atomic mass is 10.1. The van der Waals surface area contributed by atoms with Gasteiger partial charge in [0.05, 0.1) is 6.42 Å². The Morgan fingerprint density at radius 3 is 2.43 bits per heavy atom. The highest BCUT2D eigenvalue weighted by Crippen LogP contribution is 2.12. The first kappa shape index (κ1) is 16.5. The molecule has 0 bridgehead atoms. The zero-order chi connectivity index (χ0) is 15.7. The second-order valence-corrected chi connectivity index (χ2v) is 4.31. The normalized spacial score (nSPS) is 9.76. The summed E-state index contributed by atoms with van der Waals surface area (Å²) in [6, 6.07) is 5.80. The standard InChI is InChI=1S/C14H18N2O5/c1-2-7-15-14(20)16-12(17)9-21-11-5-3-10(4-6-11)8-13(18)19/h3-6H,2,7-9H2,1H3,(H,18,19)(H2,15,16,17,20). The largest absolute Gasteiger partial charge is 0.484 e. The predicted molar refractivity (Wildman–Crippen MR) is 75.1 cm³/mol. The minimum Gasteiger partial charge on any atom is -0.484 e. The lowest BCUT2D eigenvalue weighted by Gasteiger charge is -2.08. The van der Waals surface area contributed by atoms with Crippen LogP contribution in [-0.4, -0.2) is 36.2 Å². The number of hydrogen-bond acceptors (Lipinski definition) is 4. The first-order chi connectivity index (χ1) is 10.0. The fourth-order valence-corrected chi connectivity index (χ4v) is 1.47. The van der Waals surface area contributed by atoms with Gasteiger partial charge in [-0.3, -0.25) is 14.9 Å². The number of carbonyl (C=O) groups is 3. The van der Waals surface area contributed by atoms with Crippen molar-refractivity contribution in [2.45, 2.75) is 19.8 Å². The Morgan fingerprint density at radius 1 is 1.19 bits per heavy atom. The predicted octanol–water partition coefficient (Wildman–Crippen LogP) is 0.928. The summed E-state index contributed by atoms with van der Waals surface area (Å²) in [5, 5.41) is 13.3. The van der Waals surface area contributed by atoms with Gasteiger partial charge in [-0.2, -0.15) is 0 Å². The van der Waals surface area contributed by atoms with Gasteiger partial charge in [0.15, 0.2) is 6.61 Å². The van der Waals surface area contributed by atoms with Crippen molar-refractivity contribution in [3.63, 3.8) is 0 Å². The van der Waals surface area contributed by atoms with Gasteiger partial charge in [-0.15, -0.1) is 0 Å². The van der Waals surface area contributed by atoms with Gasteiger partial charge in [-0.25, -0.2) is 4.79 Å². The van der Waals surface area contributed by atoms with E-state index in [1.54, 1.807) is 24.3 Å². The maximum Gasteiger partial charge on any atom is 0.321 e. The van der Waals surface area contributed by atoms with E-state index in [0.29, 0.717) is 17.9 Å². The summed E-state index contributed by atoms with van der Waals surface area (Å²) >= 11 is 0. The minimum atomic E-state index is -0.916. The van der Waals surface area contributed by atoms with Gasteiger partial charge in [0.1, 0.15) is 5.75 Å². The Kier molecular flexibility index (Phi) is 6.73. The number of imide groups is 1. The number of ether oxygens (including phenoxy) is 1. The molecular formula is C14H18N2O5. The molecule has 114 valence electrons. The van der Waals surface area contributed by atoms with Crippen LogP contribution in [0.15, 0.2) is 24.3 Å². The van der Waals surface area contributed by atoms with Crippen LogP contribution in [0.25, 0.3) is 0 Å². The summed E-state index contributed by atoms with van der Waals surface area (Å²) in [5.74, 6) is -1.05. The van der Waals surface area contributed by atoms with Gasteiger partial charge in [0.25, 0.3) is 5.91 Å². The average Bonchev–Trinajstić information content (AvgIpc) is 2.44. The van der Waals surface area contributed by atoms with Crippen LogP contribution in [0.5, 0.6) is 5.75 Å². The average molecular weight is 294 g/mol. The third-order valence-electron chi connectivity index (χ3n) is 2.44. The van der Waals surface area contributed by atoms with E-state index in [1.165, 1.54) is 0 Å². The third-order valence-corrected chi connectivity index (χ3v) is 2.44. The highest BCUT2D eigenvalue weighted by molar-refractivity contribution is 5.94. The number of amides is 3. The van der Waals surface area contributed by atoms with Gasteiger partial charge in [0.2, 0.25) is 0 Å². The van der Waals surface area contributed by atoms with Crippen LogP contribution in [0.3, 0.4) is 0 Å². The van der Waals surface area contributed by atoms with E-state index in [2.05, 4.69) is 10.6 Å². The van der Waals surface area contributed by atoms with E-state index < -0.39 is 17.9 Å². The molecule has 7 nitrogen and oxygen atoms in total. The summed E-state index contributed by atoms with van der Waals surface area (Å²) in [7, 11) is 0. The Balaban J connectivity index is 2.35. The molecule has 0 aliphatic heterocycles. The van der Waals surface area contributed by atoms with Gasteiger partial charge in [-0.1, -0.05) is 19.1 Å². The fraction of sp³-hybridized carbons (Fsp3) is 0.357. The Hall–Kier alpha value is -2.57. The van der Waals surface area contributed by atoms with E-state index in [0.717, 1.165) is 6.42 Å². The van der Waals surface area contributed by atoms with Crippen LogP contribution < -0.4 is 15.4 Å². The van der Waals surface area contributed by atoms with Gasteiger partial charge in [-0.05, 0) is 24.1 Å². The zero-order valence-corrected chi connectivity index (χ0v) is 11.7. The van der Waals surface area contributed by atoms with Crippen LogP contribution in [-0.2, 0) is 16.0 Å². The van der Waals surface area contributed by atoms with Gasteiger partial charge in [0, 0.05) is 6.54 Å². The van der Waals surface area contributed by atoms with Crippen molar-refractivity contribution in [2.75, 3.05) is 13.2 Å². The van der Waals surface area contributed by atoms with Crippen molar-refractivity contribution in [1.82, 2.24) is 10.6 Å². The Morgan fingerprint density at radius 2 is 1.86 bits per heavy atom. The number of nitrogens with one attached hydrogen (secondary N) is 2. The quantitative estimate of drug-likeness (QED) is 0.694. The molecule has 3 amide bonds. The molecule has 0 saturated carbocycles. The molecule has 7 heteroatoms. The molecule has 0 saturated heterocycles. The molecule has 0 atom stereocenters. The molecule has 0 aromatic heterocycles. The molecule has 0 unspecified atom stereocenters. The number of carboxylic acid groups (broad SMARTS) is 1. The molecule has 0 heterocycles. The number of aliphatic carboxylic acids is 1. The second-order valence-electron chi connectivity index (χ2n) is 4.31. The van der Waals surface area contributed by atoms with Crippen LogP contribution in [0.1, 0.15) is 18.9 Å². The van der Waals surface area contributed by atoms with Crippen LogP contribution in [0, 0.1) is 0 Å². The first-order valence-electron chi connectivity index (χ1n) is 6.52. The molecule has 1 aromatic carbocycles. The highest BCUT2D eigenvalue weighted by Gasteiger charge is 2.08. The molecule has 1 aromatic rings. The molecule has 0 fully saturated rings. The number of urea groups is 1. The maximum atomic E-state index is 11.4. The SMILES string of the molecule is CCCNC(=O)NC(=O)COc1ccc(CC(=O)O)cc1. The van der Waals surface area contributed by atoms with Crippen LogP contribution in [0.2, 0.25) is 0 Å². The molecule has 0 radical (unpaired) electrons. The molecule has 21 heavy (non-hydrogen) atoms. The van der Waals surface area contributed by atoms with Crippen molar-refractivity contribution in [1.29, 1.82) is 0 Å². The summed E-state index contributed by atoms with van der Waals surface area (Å²) < 4.78 is 5.19. The number of hydrogen-bond donors (Lipinski definition) is 3. The van der Waals surface area contributed by atoms with E-state index in [9.17, 15) is 14.4 Å². The lowest BCUT2D eigenvalue weighted by Crippen LogP contribution is -2.41. The number of rotatable bonds is 7. The monoisotopic (exact) mass is 294 g/mol. The molecule has 0 aliphatic rings. The van der Waals surface area contributed by atoms with Crippen molar-refractivity contribution < 1.29 is 24.2 Å². The van der Waals surface area contributed by atoms with E-state index in [4.69, 9.17) is 9.84 Å². The first-order valence-corrected chi connectivity index (χ1v) is 6.52. The van der Waals surface area contributed by atoms with E-state index >= 15 is 0 Å². The van der Waals surface area contributed by atoms with E-state index in [-0.39, 0.29) is 13.0 Å². The summed E-state index contributed by atoms with van der Waals surface area (Å²) in [6.07, 6.45) is 0.708. The molecule has 3 N–H and O–H groups in total. The van der Waals surface area contributed by atoms with Crippen molar-refractivity contribution in [2.24, 2.45) is 0 Å². The fourth-order valence-electron chi connectivity index (χ4n) is 1.47. The number of carbonyl (C=O) groups excluding carboxylic acids is 2. The maximum absolute atomic E-state index is 11.4. The summed E-state index contributed by atoms with van der Waals surface area (Å²) in [6.45, 7) is 2.10. The molecule has 1 rings (SSSR count). The van der Waals surface area contributed by atoms with E-state index in [1.807, 2.05) is 6.92 Å². The topological polar surface area (TPSA) is 105 Å². The summed E-state index contributed by atoms with van der Waals surface area (Å²) in [4.78, 5) is 33.2. The van der Waals surface area contributed by atoms with Crippen molar-refractivity contribution >= 4 is 17.9 Å². The van der Waals surface area contributed by atoms with Gasteiger partial charge < -0.3 is 15.2 Å². The molecule has 0 spiro atoms. The zero-order valence-electron chi connectivity index (χ0n) is 11.7. The third kappa shape index (κ3) is 6.95. The molecule has 0 aliphatic carbocycles. The van der Waals surface area contributed by atoms with Crippen LogP contribution in [0.4, 0.5) is 4.79 Å². The van der Waals surface area contributed by atoms with Crippen molar-refractivity contribution in [3.8, 4) is 5.75 Å². The Bertz CT molecular complexity index is 499. The number of benzene rings is 1. The number of carboxylic acids is 1. The Labute approximate surface area is 122 Å². The van der Waals surface area contributed by atoms with Gasteiger partial charge >= 0.3 is 12.0 Å². The second kappa shape index (κ2) is 8.57. The smallest absolute Gasteiger partial charge is 0.321 e. The minimum absolute atomic E-state index is 0.0711. The molecular weight excluding hydrogens is 276 g/mol. The summed E-state index contributed by atoms with van der Waals surface area (Å²) in [5.41, 5.74) is 0.637. The van der Waals surface area contributed by atoms with Crippen LogP contribution >= 0.6 is 0 Å². The highest BCUT2D eigenvalue weighted by atomic mass is 16.5. The van der Waals surface area contributed by atoms with Crippen molar-refractivity contribution in [3.05, 3.63) is 29.8 Å². The lowest BCUT2D eigenvalue weighted by molar-refractivity contribution is -0.136.